The molecule has 1 saturated heterocycles. The molecule has 2 aromatic rings. The zero-order valence-corrected chi connectivity index (χ0v) is 18.8. The number of rotatable bonds is 5. The molecular formula is C23H26ClFN4O2. The summed E-state index contributed by atoms with van der Waals surface area (Å²) in [5, 5.41) is 16.6. The van der Waals surface area contributed by atoms with Crippen molar-refractivity contribution in [2.75, 3.05) is 12.4 Å². The molecule has 31 heavy (non-hydrogen) atoms. The summed E-state index contributed by atoms with van der Waals surface area (Å²) in [6.45, 7) is 6.14. The fraction of sp³-hybridized carbons (Fsp3) is 0.435. The van der Waals surface area contributed by atoms with Crippen LogP contribution >= 0.6 is 11.6 Å². The fourth-order valence-corrected chi connectivity index (χ4v) is 4.24. The van der Waals surface area contributed by atoms with E-state index >= 15 is 0 Å². The number of carbonyl (C=O) groups is 1. The zero-order valence-electron chi connectivity index (χ0n) is 18.0. The van der Waals surface area contributed by atoms with Gasteiger partial charge in [0.1, 0.15) is 11.2 Å². The number of halogens is 2. The minimum Gasteiger partial charge on any atom is -0.481 e. The zero-order chi connectivity index (χ0) is 22.8. The number of amides is 1. The average molecular weight is 445 g/mol. The number of hydrogen-bond donors (Lipinski definition) is 2. The molecule has 1 amide bonds. The van der Waals surface area contributed by atoms with E-state index in [1.807, 2.05) is 20.8 Å². The molecule has 0 bridgehead atoms. The lowest BCUT2D eigenvalue weighted by Gasteiger charge is -2.33. The largest absolute Gasteiger partial charge is 0.481 e. The molecule has 2 N–H and O–H groups in total. The number of carbonyl (C=O) groups excluding carboxylic acids is 1. The number of hydrogen-bond acceptors (Lipinski definition) is 5. The van der Waals surface area contributed by atoms with Crippen LogP contribution in [0.1, 0.15) is 39.2 Å². The Hall–Kier alpha value is -2.69. The van der Waals surface area contributed by atoms with Crippen LogP contribution in [0, 0.1) is 22.6 Å². The van der Waals surface area contributed by atoms with Gasteiger partial charge in [0, 0.05) is 34.6 Å². The number of methoxy groups -OCH3 is 1. The number of nitrogens with one attached hydrogen (secondary N) is 2. The number of anilines is 1. The van der Waals surface area contributed by atoms with Crippen molar-refractivity contribution in [2.24, 2.45) is 5.41 Å². The predicted octanol–water partition coefficient (Wildman–Crippen LogP) is 4.45. The maximum atomic E-state index is 14.9. The highest BCUT2D eigenvalue weighted by molar-refractivity contribution is 6.30. The molecule has 1 aliphatic rings. The Morgan fingerprint density at radius 2 is 2.16 bits per heavy atom. The Bertz CT molecular complexity index is 1020. The number of ether oxygens (including phenoxy) is 1. The molecule has 8 heteroatoms. The van der Waals surface area contributed by atoms with Crippen LogP contribution in [0.2, 0.25) is 5.02 Å². The van der Waals surface area contributed by atoms with Crippen molar-refractivity contribution in [2.45, 2.75) is 51.1 Å². The summed E-state index contributed by atoms with van der Waals surface area (Å²) in [6.07, 6.45) is 2.24. The first-order valence-electron chi connectivity index (χ1n) is 10.0. The Morgan fingerprint density at radius 3 is 2.77 bits per heavy atom. The molecular weight excluding hydrogens is 419 g/mol. The van der Waals surface area contributed by atoms with Gasteiger partial charge in [-0.1, -0.05) is 38.4 Å². The fourth-order valence-electron chi connectivity index (χ4n) is 4.08. The monoisotopic (exact) mass is 444 g/mol. The van der Waals surface area contributed by atoms with Crippen LogP contribution in [0.5, 0.6) is 5.88 Å². The predicted molar refractivity (Wildman–Crippen MR) is 118 cm³/mol. The van der Waals surface area contributed by atoms with Crippen molar-refractivity contribution < 1.29 is 13.9 Å². The smallest absolute Gasteiger partial charge is 0.241 e. The van der Waals surface area contributed by atoms with Crippen LogP contribution in [-0.4, -0.2) is 30.1 Å². The molecule has 2 heterocycles. The van der Waals surface area contributed by atoms with Crippen LogP contribution < -0.4 is 15.4 Å². The number of aromatic nitrogens is 1. The van der Waals surface area contributed by atoms with E-state index in [1.165, 1.54) is 19.4 Å². The number of nitrogens with zero attached hydrogens (tertiary/aromatic N) is 2. The average Bonchev–Trinajstić information content (AvgIpc) is 3.06. The normalized spacial score (nSPS) is 23.3. The second-order valence-electron chi connectivity index (χ2n) is 9.02. The van der Waals surface area contributed by atoms with Gasteiger partial charge >= 0.3 is 0 Å². The highest BCUT2D eigenvalue weighted by Crippen LogP contribution is 2.43. The molecule has 1 aliphatic heterocycles. The van der Waals surface area contributed by atoms with E-state index in [1.54, 1.807) is 24.3 Å². The van der Waals surface area contributed by atoms with Crippen LogP contribution in [0.4, 0.5) is 10.1 Å². The summed E-state index contributed by atoms with van der Waals surface area (Å²) in [7, 11) is 1.49. The van der Waals surface area contributed by atoms with Crippen molar-refractivity contribution in [1.29, 1.82) is 5.26 Å². The summed E-state index contributed by atoms with van der Waals surface area (Å²) >= 11 is 5.93. The molecule has 3 atom stereocenters. The van der Waals surface area contributed by atoms with Crippen molar-refractivity contribution in [3.8, 4) is 11.9 Å². The first-order chi connectivity index (χ1) is 14.6. The minimum absolute atomic E-state index is 0.136. The van der Waals surface area contributed by atoms with Gasteiger partial charge in [-0.05, 0) is 36.5 Å². The highest BCUT2D eigenvalue weighted by Gasteiger charge is 2.52. The number of benzene rings is 1. The van der Waals surface area contributed by atoms with Crippen molar-refractivity contribution >= 4 is 23.2 Å². The summed E-state index contributed by atoms with van der Waals surface area (Å²) in [5.41, 5.74) is -0.577. The van der Waals surface area contributed by atoms with Gasteiger partial charge in [-0.3, -0.25) is 4.79 Å². The van der Waals surface area contributed by atoms with E-state index in [2.05, 4.69) is 21.7 Å². The Balaban J connectivity index is 1.94. The molecule has 0 radical (unpaired) electrons. The lowest BCUT2D eigenvalue weighted by atomic mass is 9.70. The maximum Gasteiger partial charge on any atom is 0.241 e. The number of nitriles is 1. The van der Waals surface area contributed by atoms with E-state index in [-0.39, 0.29) is 28.3 Å². The third-order valence-electron chi connectivity index (χ3n) is 5.48. The first kappa shape index (κ1) is 23.0. The van der Waals surface area contributed by atoms with Gasteiger partial charge in [0.25, 0.3) is 0 Å². The maximum absolute atomic E-state index is 14.9. The topological polar surface area (TPSA) is 87.0 Å². The lowest BCUT2D eigenvalue weighted by molar-refractivity contribution is -0.117. The van der Waals surface area contributed by atoms with E-state index in [9.17, 15) is 14.4 Å². The molecule has 0 aliphatic carbocycles. The van der Waals surface area contributed by atoms with Crippen LogP contribution in [0.25, 0.3) is 0 Å². The molecule has 0 spiro atoms. The molecule has 6 nitrogen and oxygen atoms in total. The van der Waals surface area contributed by atoms with Crippen molar-refractivity contribution in [1.82, 2.24) is 10.3 Å². The standard InChI is InChI=1S/C23H26ClFN4O2/c1-22(2,3)12-19-23(13-26,16-6-5-14(24)9-17(16)25)11-18(29-19)21(30)28-15-7-8-27-20(10-15)31-4/h5-10,18-19,29H,11-12H2,1-4H3,(H,27,28,30). The van der Waals surface area contributed by atoms with Gasteiger partial charge in [0.15, 0.2) is 0 Å². The third kappa shape index (κ3) is 4.97. The molecule has 0 saturated carbocycles. The van der Waals surface area contributed by atoms with Crippen molar-refractivity contribution in [3.05, 3.63) is 52.9 Å². The summed E-state index contributed by atoms with van der Waals surface area (Å²) in [4.78, 5) is 17.1. The molecule has 3 rings (SSSR count). The van der Waals surface area contributed by atoms with E-state index in [4.69, 9.17) is 16.3 Å². The SMILES string of the molecule is COc1cc(NC(=O)C2CC(C#N)(c3ccc(Cl)cc3F)C(CC(C)(C)C)N2)ccn1. The van der Waals surface area contributed by atoms with Crippen LogP contribution in [-0.2, 0) is 10.2 Å². The lowest BCUT2D eigenvalue weighted by Crippen LogP contribution is -2.44. The van der Waals surface area contributed by atoms with Gasteiger partial charge in [0.2, 0.25) is 11.8 Å². The molecule has 3 unspecified atom stereocenters. The second-order valence-corrected chi connectivity index (χ2v) is 9.46. The quantitative estimate of drug-likeness (QED) is 0.711. The van der Waals surface area contributed by atoms with E-state index in [0.29, 0.717) is 18.0 Å². The second kappa shape index (κ2) is 8.81. The highest BCUT2D eigenvalue weighted by atomic mass is 35.5. The van der Waals surface area contributed by atoms with Crippen LogP contribution in [0.15, 0.2) is 36.5 Å². The molecule has 1 aromatic carbocycles. The van der Waals surface area contributed by atoms with Gasteiger partial charge in [0.05, 0.1) is 19.2 Å². The van der Waals surface area contributed by atoms with E-state index < -0.39 is 23.3 Å². The Morgan fingerprint density at radius 1 is 1.42 bits per heavy atom. The van der Waals surface area contributed by atoms with Gasteiger partial charge in [-0.2, -0.15) is 5.26 Å². The van der Waals surface area contributed by atoms with Gasteiger partial charge in [-0.25, -0.2) is 9.37 Å². The Kier molecular flexibility index (Phi) is 6.54. The summed E-state index contributed by atoms with van der Waals surface area (Å²) < 4.78 is 20.0. The van der Waals surface area contributed by atoms with Crippen molar-refractivity contribution in [3.63, 3.8) is 0 Å². The van der Waals surface area contributed by atoms with Gasteiger partial charge < -0.3 is 15.4 Å². The Labute approximate surface area is 186 Å². The summed E-state index contributed by atoms with van der Waals surface area (Å²) in [5.74, 6) is -0.481. The van der Waals surface area contributed by atoms with Crippen LogP contribution in [0.3, 0.4) is 0 Å². The molecule has 1 fully saturated rings. The number of pyridine rings is 1. The third-order valence-corrected chi connectivity index (χ3v) is 5.71. The summed E-state index contributed by atoms with van der Waals surface area (Å²) in [6, 6.07) is 8.83. The van der Waals surface area contributed by atoms with Gasteiger partial charge in [-0.15, -0.1) is 0 Å². The van der Waals surface area contributed by atoms with E-state index in [0.717, 1.165) is 0 Å². The molecule has 1 aromatic heterocycles. The first-order valence-corrected chi connectivity index (χ1v) is 10.4. The molecule has 164 valence electrons. The minimum atomic E-state index is -1.21.